The lowest BCUT2D eigenvalue weighted by Crippen LogP contribution is -2.31. The maximum Gasteiger partial charge on any atom is 0.170 e. The Morgan fingerprint density at radius 2 is 2.19 bits per heavy atom. The summed E-state index contributed by atoms with van der Waals surface area (Å²) in [6.45, 7) is 4.10. The van der Waals surface area contributed by atoms with Crippen molar-refractivity contribution in [1.82, 2.24) is 0 Å². The second-order valence-electron chi connectivity index (χ2n) is 4.29. The van der Waals surface area contributed by atoms with Crippen LogP contribution in [-0.2, 0) is 0 Å². The highest BCUT2D eigenvalue weighted by Crippen LogP contribution is 2.38. The predicted octanol–water partition coefficient (Wildman–Crippen LogP) is 4.09. The van der Waals surface area contributed by atoms with Gasteiger partial charge in [0.1, 0.15) is 11.9 Å². The molecule has 1 aromatic carbocycles. The molecule has 2 rings (SSSR count). The van der Waals surface area contributed by atoms with E-state index in [2.05, 4.69) is 15.9 Å². The molecule has 1 aliphatic rings. The maximum absolute atomic E-state index is 11.9. The lowest BCUT2D eigenvalue weighted by atomic mass is 9.94. The zero-order valence-corrected chi connectivity index (χ0v) is 11.4. The van der Waals surface area contributed by atoms with Crippen molar-refractivity contribution in [3.8, 4) is 5.75 Å². The van der Waals surface area contributed by atoms with Crippen LogP contribution < -0.4 is 4.74 Å². The Morgan fingerprint density at radius 3 is 2.81 bits per heavy atom. The van der Waals surface area contributed by atoms with Gasteiger partial charge in [-0.3, -0.25) is 4.79 Å². The molecular weight excluding hydrogens is 291 g/mol. The number of benzene rings is 1. The average Bonchev–Trinajstić information content (AvgIpc) is 2.19. The lowest BCUT2D eigenvalue weighted by molar-refractivity contribution is 0.0769. The zero-order chi connectivity index (χ0) is 11.9. The van der Waals surface area contributed by atoms with Gasteiger partial charge in [0.15, 0.2) is 5.78 Å². The quantitative estimate of drug-likeness (QED) is 0.781. The molecule has 0 bridgehead atoms. The van der Waals surface area contributed by atoms with E-state index in [0.29, 0.717) is 28.7 Å². The molecule has 0 N–H and O–H groups in total. The molecule has 4 heteroatoms. The number of ketones is 1. The van der Waals surface area contributed by atoms with Crippen LogP contribution in [0.15, 0.2) is 16.6 Å². The van der Waals surface area contributed by atoms with Crippen LogP contribution in [0.1, 0.15) is 30.6 Å². The molecule has 86 valence electrons. The minimum Gasteiger partial charge on any atom is -0.488 e. The number of fused-ring (bicyclic) bond motifs is 1. The van der Waals surface area contributed by atoms with Crippen LogP contribution in [0.2, 0.25) is 5.02 Å². The second-order valence-corrected chi connectivity index (χ2v) is 5.58. The molecule has 2 nitrogen and oxygen atoms in total. The van der Waals surface area contributed by atoms with Crippen molar-refractivity contribution in [3.05, 3.63) is 27.2 Å². The van der Waals surface area contributed by atoms with Crippen molar-refractivity contribution in [3.63, 3.8) is 0 Å². The summed E-state index contributed by atoms with van der Waals surface area (Å²) in [6, 6.07) is 3.41. The van der Waals surface area contributed by atoms with Crippen molar-refractivity contribution in [1.29, 1.82) is 0 Å². The molecule has 1 unspecified atom stereocenters. The molecule has 1 heterocycles. The average molecular weight is 304 g/mol. The lowest BCUT2D eigenvalue weighted by Gasteiger charge is -2.28. The van der Waals surface area contributed by atoms with Crippen LogP contribution >= 0.6 is 27.5 Å². The van der Waals surface area contributed by atoms with E-state index in [1.807, 2.05) is 13.8 Å². The van der Waals surface area contributed by atoms with Crippen LogP contribution in [0.3, 0.4) is 0 Å². The van der Waals surface area contributed by atoms with Crippen LogP contribution in [0.5, 0.6) is 5.75 Å². The Kier molecular flexibility index (Phi) is 3.27. The number of carbonyl (C=O) groups excluding carboxylic acids is 1. The fraction of sp³-hybridized carbons (Fsp3) is 0.417. The summed E-state index contributed by atoms with van der Waals surface area (Å²) in [7, 11) is 0. The number of ether oxygens (including phenoxy) is 1. The zero-order valence-electron chi connectivity index (χ0n) is 9.09. The smallest absolute Gasteiger partial charge is 0.170 e. The van der Waals surface area contributed by atoms with Crippen molar-refractivity contribution >= 4 is 33.3 Å². The second kappa shape index (κ2) is 4.38. The van der Waals surface area contributed by atoms with Gasteiger partial charge in [-0.25, -0.2) is 0 Å². The van der Waals surface area contributed by atoms with Crippen LogP contribution in [0.4, 0.5) is 0 Å². The van der Waals surface area contributed by atoms with Crippen LogP contribution in [-0.4, -0.2) is 11.9 Å². The Morgan fingerprint density at radius 1 is 1.50 bits per heavy atom. The van der Waals surface area contributed by atoms with E-state index in [-0.39, 0.29) is 11.9 Å². The van der Waals surface area contributed by atoms with Gasteiger partial charge >= 0.3 is 0 Å². The number of halogens is 2. The van der Waals surface area contributed by atoms with Crippen molar-refractivity contribution in [2.45, 2.75) is 26.4 Å². The monoisotopic (exact) mass is 302 g/mol. The third-order valence-electron chi connectivity index (χ3n) is 2.71. The number of carbonyl (C=O) groups is 1. The summed E-state index contributed by atoms with van der Waals surface area (Å²) in [4.78, 5) is 11.9. The highest BCUT2D eigenvalue weighted by Gasteiger charge is 2.30. The Hall–Kier alpha value is -0.540. The van der Waals surface area contributed by atoms with E-state index in [1.54, 1.807) is 12.1 Å². The first-order valence-electron chi connectivity index (χ1n) is 5.18. The Balaban J connectivity index is 2.46. The van der Waals surface area contributed by atoms with E-state index in [0.717, 1.165) is 4.47 Å². The molecular formula is C12H12BrClO2. The van der Waals surface area contributed by atoms with Crippen LogP contribution in [0.25, 0.3) is 0 Å². The minimum absolute atomic E-state index is 0.0440. The molecule has 0 aliphatic carbocycles. The number of hydrogen-bond acceptors (Lipinski definition) is 2. The third-order valence-corrected chi connectivity index (χ3v) is 3.52. The molecule has 1 aliphatic heterocycles. The van der Waals surface area contributed by atoms with E-state index in [4.69, 9.17) is 16.3 Å². The number of Topliss-reactive ketones (excluding diaryl/α,β-unsaturated/α-hetero) is 1. The van der Waals surface area contributed by atoms with Gasteiger partial charge in [0.05, 0.1) is 10.0 Å². The fourth-order valence-corrected chi connectivity index (χ4v) is 2.65. The molecule has 1 aromatic rings. The highest BCUT2D eigenvalue weighted by molar-refractivity contribution is 9.10. The third kappa shape index (κ3) is 2.11. The van der Waals surface area contributed by atoms with Gasteiger partial charge in [-0.15, -0.1) is 0 Å². The van der Waals surface area contributed by atoms with Crippen molar-refractivity contribution in [2.75, 3.05) is 0 Å². The van der Waals surface area contributed by atoms with E-state index in [9.17, 15) is 4.79 Å². The van der Waals surface area contributed by atoms with Gasteiger partial charge in [-0.2, -0.15) is 0 Å². The summed E-state index contributed by atoms with van der Waals surface area (Å²) < 4.78 is 6.57. The summed E-state index contributed by atoms with van der Waals surface area (Å²) in [5.41, 5.74) is 0.580. The van der Waals surface area contributed by atoms with Gasteiger partial charge in [0.2, 0.25) is 0 Å². The van der Waals surface area contributed by atoms with E-state index < -0.39 is 0 Å². The molecule has 1 atom stereocenters. The van der Waals surface area contributed by atoms with Gasteiger partial charge in [0.25, 0.3) is 0 Å². The first-order valence-corrected chi connectivity index (χ1v) is 6.35. The SMILES string of the molecule is CC(C)C1CC(=O)c2cc(Cl)cc(Br)c2O1. The van der Waals surface area contributed by atoms with Crippen molar-refractivity contribution in [2.24, 2.45) is 5.92 Å². The van der Waals surface area contributed by atoms with Gasteiger partial charge in [-0.05, 0) is 34.0 Å². The summed E-state index contributed by atoms with van der Waals surface area (Å²) >= 11 is 9.28. The molecule has 0 radical (unpaired) electrons. The van der Waals surface area contributed by atoms with Crippen LogP contribution in [0, 0.1) is 5.92 Å². The molecule has 0 saturated carbocycles. The largest absolute Gasteiger partial charge is 0.488 e. The maximum atomic E-state index is 11.9. The first kappa shape index (κ1) is 11.9. The molecule has 0 saturated heterocycles. The van der Waals surface area contributed by atoms with E-state index >= 15 is 0 Å². The summed E-state index contributed by atoms with van der Waals surface area (Å²) in [5.74, 6) is 1.04. The number of hydrogen-bond donors (Lipinski definition) is 0. The van der Waals surface area contributed by atoms with E-state index in [1.165, 1.54) is 0 Å². The predicted molar refractivity (Wildman–Crippen MR) is 67.4 cm³/mol. The number of rotatable bonds is 1. The van der Waals surface area contributed by atoms with Gasteiger partial charge < -0.3 is 4.74 Å². The molecule has 0 amide bonds. The normalized spacial score (nSPS) is 19.6. The summed E-state index contributed by atoms with van der Waals surface area (Å²) in [6.07, 6.45) is 0.384. The molecule has 0 aromatic heterocycles. The molecule has 0 spiro atoms. The Bertz CT molecular complexity index is 443. The van der Waals surface area contributed by atoms with Gasteiger partial charge in [-0.1, -0.05) is 25.4 Å². The van der Waals surface area contributed by atoms with Crippen molar-refractivity contribution < 1.29 is 9.53 Å². The van der Waals surface area contributed by atoms with Gasteiger partial charge in [0, 0.05) is 11.4 Å². The molecule has 16 heavy (non-hydrogen) atoms. The highest BCUT2D eigenvalue weighted by atomic mass is 79.9. The first-order chi connectivity index (χ1) is 7.49. The Labute approximate surface area is 108 Å². The topological polar surface area (TPSA) is 26.3 Å². The standard InChI is InChI=1S/C12H12BrClO2/c1-6(2)11-5-10(15)8-3-7(14)4-9(13)12(8)16-11/h3-4,6,11H,5H2,1-2H3. The fourth-order valence-electron chi connectivity index (χ4n) is 1.74. The summed E-state index contributed by atoms with van der Waals surface area (Å²) in [5, 5.41) is 0.547. The minimum atomic E-state index is -0.0440. The molecule has 0 fully saturated rings.